The number of hydrogen-bond acceptors (Lipinski definition) is 5. The molecule has 3 heterocycles. The summed E-state index contributed by atoms with van der Waals surface area (Å²) in [4.78, 5) is 10.9. The van der Waals surface area contributed by atoms with Crippen molar-refractivity contribution in [2.75, 3.05) is 32.8 Å². The van der Waals surface area contributed by atoms with Crippen LogP contribution in [0.4, 0.5) is 0 Å². The van der Waals surface area contributed by atoms with Gasteiger partial charge >= 0.3 is 0 Å². The number of aromatic nitrogens is 2. The van der Waals surface area contributed by atoms with Crippen molar-refractivity contribution in [3.8, 4) is 5.88 Å². The number of hydrogen-bond donors (Lipinski definition) is 0. The van der Waals surface area contributed by atoms with Crippen molar-refractivity contribution in [3.63, 3.8) is 0 Å². The van der Waals surface area contributed by atoms with Crippen molar-refractivity contribution in [3.05, 3.63) is 29.5 Å². The molecule has 1 aliphatic heterocycles. The lowest BCUT2D eigenvalue weighted by atomic mass is 10.2. The van der Waals surface area contributed by atoms with Crippen LogP contribution in [-0.2, 0) is 4.74 Å². The molecule has 0 amide bonds. The molecule has 0 bridgehead atoms. The molecule has 0 saturated carbocycles. The Morgan fingerprint density at radius 2 is 2.19 bits per heavy atom. The summed E-state index contributed by atoms with van der Waals surface area (Å²) in [5, 5.41) is 1.49. The summed E-state index contributed by atoms with van der Waals surface area (Å²) in [6.07, 6.45) is 3.46. The van der Waals surface area contributed by atoms with E-state index >= 15 is 0 Å². The highest BCUT2D eigenvalue weighted by atomic mass is 35.5. The molecule has 2 aromatic rings. The van der Waals surface area contributed by atoms with Crippen LogP contribution in [0.25, 0.3) is 10.9 Å². The van der Waals surface area contributed by atoms with Crippen molar-refractivity contribution >= 4 is 22.5 Å². The highest BCUT2D eigenvalue weighted by Gasteiger charge is 2.15. The third kappa shape index (κ3) is 3.61. The summed E-state index contributed by atoms with van der Waals surface area (Å²) in [6.45, 7) is 6.41. The lowest BCUT2D eigenvalue weighted by Gasteiger charge is -2.29. The monoisotopic (exact) mass is 307 g/mol. The van der Waals surface area contributed by atoms with Gasteiger partial charge in [0.05, 0.1) is 23.8 Å². The van der Waals surface area contributed by atoms with E-state index in [1.807, 2.05) is 13.0 Å². The van der Waals surface area contributed by atoms with Crippen LogP contribution in [0, 0.1) is 0 Å². The van der Waals surface area contributed by atoms with Gasteiger partial charge in [0.2, 0.25) is 5.88 Å². The van der Waals surface area contributed by atoms with E-state index in [4.69, 9.17) is 21.1 Å². The van der Waals surface area contributed by atoms with Gasteiger partial charge in [-0.3, -0.25) is 9.88 Å². The van der Waals surface area contributed by atoms with E-state index in [0.717, 1.165) is 43.8 Å². The summed E-state index contributed by atoms with van der Waals surface area (Å²) in [5.74, 6) is 0.582. The van der Waals surface area contributed by atoms with Gasteiger partial charge in [-0.05, 0) is 13.0 Å². The molecule has 1 saturated heterocycles. The second-order valence-corrected chi connectivity index (χ2v) is 5.58. The van der Waals surface area contributed by atoms with Crippen LogP contribution in [0.1, 0.15) is 6.92 Å². The minimum Gasteiger partial charge on any atom is -0.473 e. The maximum absolute atomic E-state index is 6.10. The average molecular weight is 308 g/mol. The third-order valence-electron chi connectivity index (χ3n) is 3.49. The molecule has 1 aliphatic rings. The zero-order chi connectivity index (χ0) is 14.7. The Bertz CT molecular complexity index is 617. The normalized spacial score (nSPS) is 17.8. The molecule has 6 heteroatoms. The number of pyridine rings is 2. The molecule has 0 radical (unpaired) electrons. The van der Waals surface area contributed by atoms with Gasteiger partial charge in [-0.15, -0.1) is 0 Å². The van der Waals surface area contributed by atoms with Gasteiger partial charge < -0.3 is 9.47 Å². The van der Waals surface area contributed by atoms with Crippen LogP contribution in [0.15, 0.2) is 24.5 Å². The molecule has 3 rings (SSSR count). The Kier molecular flexibility index (Phi) is 4.53. The number of nitrogens with zero attached hydrogens (tertiary/aromatic N) is 3. The zero-order valence-corrected chi connectivity index (χ0v) is 12.7. The molecule has 2 aromatic heterocycles. The number of rotatable bonds is 4. The van der Waals surface area contributed by atoms with Gasteiger partial charge in [-0.2, -0.15) is 0 Å². The van der Waals surface area contributed by atoms with Gasteiger partial charge in [0.1, 0.15) is 6.10 Å². The molecule has 0 aromatic carbocycles. The Morgan fingerprint density at radius 3 is 3.00 bits per heavy atom. The Hall–Kier alpha value is -1.43. The van der Waals surface area contributed by atoms with E-state index in [9.17, 15) is 0 Å². The summed E-state index contributed by atoms with van der Waals surface area (Å²) < 4.78 is 11.2. The van der Waals surface area contributed by atoms with Crippen LogP contribution < -0.4 is 4.74 Å². The summed E-state index contributed by atoms with van der Waals surface area (Å²) in [7, 11) is 0. The molecule has 1 unspecified atom stereocenters. The van der Waals surface area contributed by atoms with E-state index in [-0.39, 0.29) is 6.10 Å². The predicted octanol–water partition coefficient (Wildman–Crippen LogP) is 2.38. The SMILES string of the molecule is CC(CN1CCOCC1)Oc1cc2nccc(Cl)c2cn1. The standard InChI is InChI=1S/C15H18ClN3O2/c1-11(10-19-4-6-20-7-5-19)21-15-8-14-12(9-18-15)13(16)2-3-17-14/h2-3,8-9,11H,4-7,10H2,1H3. The summed E-state index contributed by atoms with van der Waals surface area (Å²) in [6, 6.07) is 3.59. The van der Waals surface area contributed by atoms with Crippen LogP contribution >= 0.6 is 11.6 Å². The van der Waals surface area contributed by atoms with Crippen molar-refractivity contribution < 1.29 is 9.47 Å². The van der Waals surface area contributed by atoms with Crippen LogP contribution in [0.5, 0.6) is 5.88 Å². The molecule has 5 nitrogen and oxygen atoms in total. The van der Waals surface area contributed by atoms with E-state index < -0.39 is 0 Å². The topological polar surface area (TPSA) is 47.5 Å². The minimum atomic E-state index is 0.0623. The smallest absolute Gasteiger partial charge is 0.215 e. The number of morpholine rings is 1. The fourth-order valence-electron chi connectivity index (χ4n) is 2.45. The molecule has 112 valence electrons. The number of halogens is 1. The van der Waals surface area contributed by atoms with E-state index in [2.05, 4.69) is 14.9 Å². The Labute approximate surface area is 128 Å². The number of fused-ring (bicyclic) bond motifs is 1. The quantitative estimate of drug-likeness (QED) is 0.868. The lowest BCUT2D eigenvalue weighted by Crippen LogP contribution is -2.41. The first kappa shape index (κ1) is 14.5. The summed E-state index contributed by atoms with van der Waals surface area (Å²) >= 11 is 6.10. The highest BCUT2D eigenvalue weighted by molar-refractivity contribution is 6.35. The van der Waals surface area contributed by atoms with Crippen molar-refractivity contribution in [2.45, 2.75) is 13.0 Å². The molecular formula is C15H18ClN3O2. The number of ether oxygens (including phenoxy) is 2. The van der Waals surface area contributed by atoms with Gasteiger partial charge in [0.15, 0.2) is 0 Å². The van der Waals surface area contributed by atoms with Crippen molar-refractivity contribution in [2.24, 2.45) is 0 Å². The Morgan fingerprint density at radius 1 is 1.38 bits per heavy atom. The highest BCUT2D eigenvalue weighted by Crippen LogP contribution is 2.23. The molecule has 0 N–H and O–H groups in total. The maximum atomic E-state index is 6.10. The maximum Gasteiger partial charge on any atom is 0.215 e. The van der Waals surface area contributed by atoms with E-state index in [0.29, 0.717) is 10.9 Å². The molecule has 0 aliphatic carbocycles. The summed E-state index contributed by atoms with van der Waals surface area (Å²) in [5.41, 5.74) is 0.797. The van der Waals surface area contributed by atoms with Crippen LogP contribution in [0.3, 0.4) is 0 Å². The first-order chi connectivity index (χ1) is 10.2. The van der Waals surface area contributed by atoms with Crippen molar-refractivity contribution in [1.82, 2.24) is 14.9 Å². The average Bonchev–Trinajstić information content (AvgIpc) is 2.48. The fourth-order valence-corrected chi connectivity index (χ4v) is 2.65. The second-order valence-electron chi connectivity index (χ2n) is 5.17. The minimum absolute atomic E-state index is 0.0623. The third-order valence-corrected chi connectivity index (χ3v) is 3.82. The van der Waals surface area contributed by atoms with E-state index in [1.54, 1.807) is 18.5 Å². The second kappa shape index (κ2) is 6.56. The van der Waals surface area contributed by atoms with Crippen LogP contribution in [-0.4, -0.2) is 53.8 Å². The largest absolute Gasteiger partial charge is 0.473 e. The molecule has 21 heavy (non-hydrogen) atoms. The van der Waals surface area contributed by atoms with Gasteiger partial charge in [-0.25, -0.2) is 4.98 Å². The predicted molar refractivity (Wildman–Crippen MR) is 81.9 cm³/mol. The first-order valence-corrected chi connectivity index (χ1v) is 7.47. The fraction of sp³-hybridized carbons (Fsp3) is 0.467. The van der Waals surface area contributed by atoms with Gasteiger partial charge in [-0.1, -0.05) is 11.6 Å². The lowest BCUT2D eigenvalue weighted by molar-refractivity contribution is 0.0213. The molecule has 1 atom stereocenters. The molecule has 0 spiro atoms. The zero-order valence-electron chi connectivity index (χ0n) is 12.0. The van der Waals surface area contributed by atoms with E-state index in [1.165, 1.54) is 0 Å². The van der Waals surface area contributed by atoms with Gasteiger partial charge in [0, 0.05) is 43.5 Å². The Balaban J connectivity index is 1.66. The van der Waals surface area contributed by atoms with Gasteiger partial charge in [0.25, 0.3) is 0 Å². The first-order valence-electron chi connectivity index (χ1n) is 7.09. The molecular weight excluding hydrogens is 290 g/mol. The van der Waals surface area contributed by atoms with Crippen LogP contribution in [0.2, 0.25) is 5.02 Å². The molecule has 1 fully saturated rings. The van der Waals surface area contributed by atoms with Crippen molar-refractivity contribution in [1.29, 1.82) is 0 Å².